The number of carbonyl (C=O) groups excluding carboxylic acids is 1. The Balaban J connectivity index is 1.71. The average Bonchev–Trinajstić information content (AvgIpc) is 3.38. The number of furan rings is 1. The monoisotopic (exact) mass is 375 g/mol. The Hall–Kier alpha value is -3.25. The van der Waals surface area contributed by atoms with Crippen LogP contribution >= 0.6 is 11.3 Å². The third-order valence-corrected chi connectivity index (χ3v) is 5.15. The lowest BCUT2D eigenvalue weighted by Gasteiger charge is -2.16. The van der Waals surface area contributed by atoms with Crippen LogP contribution in [0.1, 0.15) is 15.2 Å². The van der Waals surface area contributed by atoms with Crippen LogP contribution in [0.15, 0.2) is 77.7 Å². The highest BCUT2D eigenvalue weighted by Gasteiger charge is 2.23. The van der Waals surface area contributed by atoms with E-state index in [1.54, 1.807) is 30.6 Å². The number of hydrogen-bond donors (Lipinski definition) is 0. The summed E-state index contributed by atoms with van der Waals surface area (Å²) in [7, 11) is 1.79. The van der Waals surface area contributed by atoms with Crippen molar-refractivity contribution in [1.82, 2.24) is 14.9 Å². The molecule has 0 saturated heterocycles. The molecule has 134 valence electrons. The first-order chi connectivity index (χ1) is 13.2. The maximum atomic E-state index is 13.2. The predicted octanol–water partition coefficient (Wildman–Crippen LogP) is 4.74. The molecule has 0 unspecified atom stereocenters. The van der Waals surface area contributed by atoms with E-state index in [4.69, 9.17) is 9.40 Å². The maximum Gasteiger partial charge on any atom is 0.266 e. The molecule has 0 saturated carbocycles. The molecule has 6 heteroatoms. The Morgan fingerprint density at radius 1 is 1.11 bits per heavy atom. The summed E-state index contributed by atoms with van der Waals surface area (Å²) in [5.41, 5.74) is 2.56. The van der Waals surface area contributed by atoms with E-state index in [0.29, 0.717) is 27.9 Å². The highest BCUT2D eigenvalue weighted by atomic mass is 32.1. The number of pyridine rings is 1. The van der Waals surface area contributed by atoms with Gasteiger partial charge >= 0.3 is 0 Å². The topological polar surface area (TPSA) is 59.2 Å². The van der Waals surface area contributed by atoms with Crippen LogP contribution in [0.3, 0.4) is 0 Å². The molecule has 0 atom stereocenters. The highest BCUT2D eigenvalue weighted by Crippen LogP contribution is 2.34. The van der Waals surface area contributed by atoms with Crippen LogP contribution in [-0.2, 0) is 6.54 Å². The molecule has 3 aromatic heterocycles. The van der Waals surface area contributed by atoms with Gasteiger partial charge in [0.15, 0.2) is 10.8 Å². The molecule has 1 amide bonds. The van der Waals surface area contributed by atoms with Crippen LogP contribution in [-0.4, -0.2) is 27.8 Å². The zero-order valence-electron chi connectivity index (χ0n) is 14.7. The molecule has 0 fully saturated rings. The van der Waals surface area contributed by atoms with Gasteiger partial charge in [-0.05, 0) is 23.8 Å². The second kappa shape index (κ2) is 7.55. The molecule has 0 aliphatic heterocycles. The molecule has 5 nitrogen and oxygen atoms in total. The molecule has 0 spiro atoms. The van der Waals surface area contributed by atoms with Crippen molar-refractivity contribution >= 4 is 17.2 Å². The first-order valence-corrected chi connectivity index (χ1v) is 9.28. The lowest BCUT2D eigenvalue weighted by Crippen LogP contribution is -2.26. The van der Waals surface area contributed by atoms with E-state index in [9.17, 15) is 4.79 Å². The lowest BCUT2D eigenvalue weighted by molar-refractivity contribution is 0.0790. The van der Waals surface area contributed by atoms with Gasteiger partial charge in [0.05, 0.1) is 12.0 Å². The van der Waals surface area contributed by atoms with E-state index in [1.807, 2.05) is 54.6 Å². The molecule has 27 heavy (non-hydrogen) atoms. The number of benzene rings is 1. The first kappa shape index (κ1) is 17.2. The van der Waals surface area contributed by atoms with Crippen molar-refractivity contribution in [2.24, 2.45) is 0 Å². The second-order valence-corrected chi connectivity index (χ2v) is 7.06. The molecular formula is C21H17N3O2S. The SMILES string of the molecule is CN(Cc1cccnc1)C(=O)c1sc(-c2ccco2)nc1-c1ccccc1. The fraction of sp³-hybridized carbons (Fsp3) is 0.0952. The number of carbonyl (C=O) groups is 1. The third kappa shape index (κ3) is 3.66. The second-order valence-electron chi connectivity index (χ2n) is 6.06. The van der Waals surface area contributed by atoms with Gasteiger partial charge in [0.1, 0.15) is 4.88 Å². The van der Waals surface area contributed by atoms with Crippen molar-refractivity contribution in [3.05, 3.63) is 83.7 Å². The molecule has 0 radical (unpaired) electrons. The largest absolute Gasteiger partial charge is 0.462 e. The number of hydrogen-bond acceptors (Lipinski definition) is 5. The summed E-state index contributed by atoms with van der Waals surface area (Å²) in [6.45, 7) is 0.481. The summed E-state index contributed by atoms with van der Waals surface area (Å²) < 4.78 is 5.47. The maximum absolute atomic E-state index is 13.2. The minimum absolute atomic E-state index is 0.0759. The third-order valence-electron chi connectivity index (χ3n) is 4.09. The minimum Gasteiger partial charge on any atom is -0.462 e. The van der Waals surface area contributed by atoms with Gasteiger partial charge in [-0.3, -0.25) is 9.78 Å². The zero-order chi connectivity index (χ0) is 18.6. The predicted molar refractivity (Wildman–Crippen MR) is 105 cm³/mol. The summed E-state index contributed by atoms with van der Waals surface area (Å²) in [5, 5.41) is 0.692. The first-order valence-electron chi connectivity index (χ1n) is 8.47. The fourth-order valence-electron chi connectivity index (χ4n) is 2.77. The van der Waals surface area contributed by atoms with E-state index >= 15 is 0 Å². The van der Waals surface area contributed by atoms with Gasteiger partial charge in [0, 0.05) is 31.5 Å². The van der Waals surface area contributed by atoms with Crippen LogP contribution < -0.4 is 0 Å². The van der Waals surface area contributed by atoms with Crippen molar-refractivity contribution in [1.29, 1.82) is 0 Å². The van der Waals surface area contributed by atoms with Gasteiger partial charge in [0.2, 0.25) is 0 Å². The Morgan fingerprint density at radius 2 is 1.96 bits per heavy atom. The minimum atomic E-state index is -0.0759. The van der Waals surface area contributed by atoms with Gasteiger partial charge in [-0.2, -0.15) is 0 Å². The lowest BCUT2D eigenvalue weighted by atomic mass is 10.1. The summed E-state index contributed by atoms with van der Waals surface area (Å²) in [6.07, 6.45) is 5.09. The van der Waals surface area contributed by atoms with Crippen molar-refractivity contribution in [3.8, 4) is 22.0 Å². The van der Waals surface area contributed by atoms with Crippen LogP contribution in [0, 0.1) is 0 Å². The Labute approximate surface area is 160 Å². The molecule has 0 aliphatic carbocycles. The normalized spacial score (nSPS) is 10.7. The van der Waals surface area contributed by atoms with Gasteiger partial charge in [-0.1, -0.05) is 36.4 Å². The van der Waals surface area contributed by atoms with E-state index < -0.39 is 0 Å². The van der Waals surface area contributed by atoms with Crippen molar-refractivity contribution < 1.29 is 9.21 Å². The Kier molecular flexibility index (Phi) is 4.80. The van der Waals surface area contributed by atoms with Crippen molar-refractivity contribution in [2.45, 2.75) is 6.54 Å². The number of thiazole rings is 1. The smallest absolute Gasteiger partial charge is 0.266 e. The van der Waals surface area contributed by atoms with Crippen LogP contribution in [0.5, 0.6) is 0 Å². The highest BCUT2D eigenvalue weighted by molar-refractivity contribution is 7.17. The van der Waals surface area contributed by atoms with Gasteiger partial charge in [0.25, 0.3) is 5.91 Å². The summed E-state index contributed by atoms with van der Waals surface area (Å²) >= 11 is 1.35. The Morgan fingerprint density at radius 3 is 2.67 bits per heavy atom. The fourth-order valence-corrected chi connectivity index (χ4v) is 3.82. The molecular weight excluding hydrogens is 358 g/mol. The van der Waals surface area contributed by atoms with Gasteiger partial charge < -0.3 is 9.32 Å². The summed E-state index contributed by atoms with van der Waals surface area (Å²) in [5.74, 6) is 0.583. The van der Waals surface area contributed by atoms with Crippen LogP contribution in [0.4, 0.5) is 0 Å². The van der Waals surface area contributed by atoms with Crippen LogP contribution in [0.2, 0.25) is 0 Å². The quantitative estimate of drug-likeness (QED) is 0.506. The molecule has 0 aliphatic rings. The van der Waals surface area contributed by atoms with E-state index in [2.05, 4.69) is 4.98 Å². The number of rotatable bonds is 5. The summed E-state index contributed by atoms with van der Waals surface area (Å²) in [6, 6.07) is 17.2. The average molecular weight is 375 g/mol. The molecule has 0 N–H and O–H groups in total. The van der Waals surface area contributed by atoms with E-state index in [-0.39, 0.29) is 5.91 Å². The number of aromatic nitrogens is 2. The standard InChI is InChI=1S/C21H17N3O2S/c1-24(14-15-7-5-11-22-13-15)21(25)19-18(16-8-3-2-4-9-16)23-20(27-19)17-10-6-12-26-17/h2-13H,14H2,1H3. The molecule has 3 heterocycles. The molecule has 4 rings (SSSR count). The molecule has 1 aromatic carbocycles. The summed E-state index contributed by atoms with van der Waals surface area (Å²) in [4.78, 5) is 24.3. The van der Waals surface area contributed by atoms with Crippen LogP contribution in [0.25, 0.3) is 22.0 Å². The molecule has 0 bridgehead atoms. The van der Waals surface area contributed by atoms with Crippen molar-refractivity contribution in [3.63, 3.8) is 0 Å². The molecule has 4 aromatic rings. The zero-order valence-corrected chi connectivity index (χ0v) is 15.5. The van der Waals surface area contributed by atoms with Gasteiger partial charge in [-0.15, -0.1) is 11.3 Å². The number of nitrogens with zero attached hydrogens (tertiary/aromatic N) is 3. The Bertz CT molecular complexity index is 1030. The van der Waals surface area contributed by atoms with E-state index in [0.717, 1.165) is 11.1 Å². The van der Waals surface area contributed by atoms with Crippen molar-refractivity contribution in [2.75, 3.05) is 7.05 Å². The van der Waals surface area contributed by atoms with Gasteiger partial charge in [-0.25, -0.2) is 4.98 Å². The number of amides is 1. The van der Waals surface area contributed by atoms with E-state index in [1.165, 1.54) is 11.3 Å².